The molecule has 0 radical (unpaired) electrons. The molecule has 2 aromatic heterocycles. The maximum atomic E-state index is 9.23. The molecular weight excluding hydrogens is 276 g/mol. The van der Waals surface area contributed by atoms with Gasteiger partial charge in [0.05, 0.1) is 12.1 Å². The zero-order valence-electron chi connectivity index (χ0n) is 13.0. The Morgan fingerprint density at radius 2 is 2.18 bits per heavy atom. The number of imidazole rings is 1. The van der Waals surface area contributed by atoms with Crippen molar-refractivity contribution in [1.82, 2.24) is 19.4 Å². The highest BCUT2D eigenvalue weighted by Gasteiger charge is 2.26. The molecule has 6 heteroatoms. The summed E-state index contributed by atoms with van der Waals surface area (Å²) in [7, 11) is 2.02. The summed E-state index contributed by atoms with van der Waals surface area (Å²) in [5, 5.41) is 9.23. The predicted molar refractivity (Wildman–Crippen MR) is 84.2 cm³/mol. The van der Waals surface area contributed by atoms with Gasteiger partial charge in [0, 0.05) is 51.3 Å². The lowest BCUT2D eigenvalue weighted by Gasteiger charge is -2.40. The second-order valence-corrected chi connectivity index (χ2v) is 5.71. The number of anilines is 1. The van der Waals surface area contributed by atoms with Gasteiger partial charge < -0.3 is 9.47 Å². The fourth-order valence-electron chi connectivity index (χ4n) is 2.89. The molecular formula is C16H20N6. The molecule has 0 unspecified atom stereocenters. The van der Waals surface area contributed by atoms with Gasteiger partial charge in [-0.15, -0.1) is 0 Å². The average Bonchev–Trinajstić information content (AvgIpc) is 2.94. The first-order valence-electron chi connectivity index (χ1n) is 7.49. The van der Waals surface area contributed by atoms with E-state index in [0.29, 0.717) is 11.6 Å². The number of hydrogen-bond donors (Lipinski definition) is 0. The standard InChI is InChI=1S/C16H20N6/c1-13-11-22(16-14(10-17)4-3-5-19-16)9-8-21(13)12-15-18-6-7-20(15)2/h3-7,13H,8-9,11-12H2,1-2H3/t13-/m1/s1. The third kappa shape index (κ3) is 2.81. The molecule has 1 atom stereocenters. The van der Waals surface area contributed by atoms with Gasteiger partial charge in [0.15, 0.2) is 0 Å². The molecule has 0 saturated carbocycles. The molecule has 22 heavy (non-hydrogen) atoms. The van der Waals surface area contributed by atoms with Crippen LogP contribution in [0.25, 0.3) is 0 Å². The molecule has 3 heterocycles. The summed E-state index contributed by atoms with van der Waals surface area (Å²) in [6, 6.07) is 6.25. The smallest absolute Gasteiger partial charge is 0.146 e. The highest BCUT2D eigenvalue weighted by Crippen LogP contribution is 2.21. The van der Waals surface area contributed by atoms with Crippen LogP contribution in [-0.2, 0) is 13.6 Å². The molecule has 0 aromatic carbocycles. The molecule has 6 nitrogen and oxygen atoms in total. The van der Waals surface area contributed by atoms with Crippen LogP contribution in [0.15, 0.2) is 30.7 Å². The lowest BCUT2D eigenvalue weighted by atomic mass is 10.1. The van der Waals surface area contributed by atoms with Crippen LogP contribution in [0, 0.1) is 11.3 Å². The van der Waals surface area contributed by atoms with Crippen LogP contribution in [0.2, 0.25) is 0 Å². The fraction of sp³-hybridized carbons (Fsp3) is 0.438. The van der Waals surface area contributed by atoms with Crippen LogP contribution in [-0.4, -0.2) is 45.1 Å². The van der Waals surface area contributed by atoms with E-state index in [9.17, 15) is 5.26 Å². The minimum absolute atomic E-state index is 0.388. The monoisotopic (exact) mass is 296 g/mol. The van der Waals surface area contributed by atoms with Gasteiger partial charge in [0.25, 0.3) is 0 Å². The number of aryl methyl sites for hydroxylation is 1. The van der Waals surface area contributed by atoms with Crippen molar-refractivity contribution in [2.75, 3.05) is 24.5 Å². The molecule has 0 amide bonds. The van der Waals surface area contributed by atoms with Crippen LogP contribution in [0.4, 0.5) is 5.82 Å². The van der Waals surface area contributed by atoms with E-state index in [1.54, 1.807) is 6.20 Å². The van der Waals surface area contributed by atoms with E-state index in [4.69, 9.17) is 0 Å². The SMILES string of the molecule is C[C@@H]1CN(c2ncccc2C#N)CCN1Cc1nccn1C. The maximum Gasteiger partial charge on any atom is 0.146 e. The first kappa shape index (κ1) is 14.5. The van der Waals surface area contributed by atoms with Gasteiger partial charge in [-0.05, 0) is 19.1 Å². The minimum atomic E-state index is 0.388. The quantitative estimate of drug-likeness (QED) is 0.857. The van der Waals surface area contributed by atoms with Crippen molar-refractivity contribution >= 4 is 5.82 Å². The van der Waals surface area contributed by atoms with Crippen LogP contribution < -0.4 is 4.90 Å². The van der Waals surface area contributed by atoms with Gasteiger partial charge in [-0.3, -0.25) is 4.90 Å². The Hall–Kier alpha value is -2.39. The van der Waals surface area contributed by atoms with Gasteiger partial charge in [-0.1, -0.05) is 0 Å². The molecule has 2 aromatic rings. The zero-order chi connectivity index (χ0) is 15.5. The molecule has 0 N–H and O–H groups in total. The Kier molecular flexibility index (Phi) is 4.07. The number of aromatic nitrogens is 3. The van der Waals surface area contributed by atoms with Crippen LogP contribution in [0.1, 0.15) is 18.3 Å². The van der Waals surface area contributed by atoms with Crippen molar-refractivity contribution in [3.05, 3.63) is 42.1 Å². The Labute approximate surface area is 130 Å². The lowest BCUT2D eigenvalue weighted by Crippen LogP contribution is -2.52. The third-order valence-corrected chi connectivity index (χ3v) is 4.24. The normalized spacial score (nSPS) is 19.1. The first-order valence-corrected chi connectivity index (χ1v) is 7.49. The predicted octanol–water partition coefficient (Wildman–Crippen LogP) is 1.40. The van der Waals surface area contributed by atoms with Crippen molar-refractivity contribution in [2.24, 2.45) is 7.05 Å². The summed E-state index contributed by atoms with van der Waals surface area (Å²) in [4.78, 5) is 13.4. The molecule has 114 valence electrons. The zero-order valence-corrected chi connectivity index (χ0v) is 13.0. The Bertz CT molecular complexity index is 686. The molecule has 0 bridgehead atoms. The highest BCUT2D eigenvalue weighted by molar-refractivity contribution is 5.53. The summed E-state index contributed by atoms with van der Waals surface area (Å²) in [6.45, 7) is 5.75. The molecule has 0 aliphatic carbocycles. The lowest BCUT2D eigenvalue weighted by molar-refractivity contribution is 0.174. The number of piperazine rings is 1. The van der Waals surface area contributed by atoms with E-state index >= 15 is 0 Å². The molecule has 3 rings (SSSR count). The number of rotatable bonds is 3. The van der Waals surface area contributed by atoms with Gasteiger partial charge in [-0.25, -0.2) is 9.97 Å². The Balaban J connectivity index is 1.70. The van der Waals surface area contributed by atoms with Crippen LogP contribution in [0.5, 0.6) is 0 Å². The number of pyridine rings is 1. The fourth-order valence-corrected chi connectivity index (χ4v) is 2.89. The van der Waals surface area contributed by atoms with E-state index < -0.39 is 0 Å². The van der Waals surface area contributed by atoms with Gasteiger partial charge in [0.1, 0.15) is 17.7 Å². The van der Waals surface area contributed by atoms with Gasteiger partial charge in [0.2, 0.25) is 0 Å². The average molecular weight is 296 g/mol. The summed E-state index contributed by atoms with van der Waals surface area (Å²) in [6.07, 6.45) is 5.56. The molecule has 1 fully saturated rings. The van der Waals surface area contributed by atoms with Crippen molar-refractivity contribution in [3.8, 4) is 6.07 Å². The Morgan fingerprint density at radius 3 is 2.86 bits per heavy atom. The number of hydrogen-bond acceptors (Lipinski definition) is 5. The third-order valence-electron chi connectivity index (χ3n) is 4.24. The van der Waals surface area contributed by atoms with Crippen molar-refractivity contribution < 1.29 is 0 Å². The second kappa shape index (κ2) is 6.16. The summed E-state index contributed by atoms with van der Waals surface area (Å²) in [5.74, 6) is 1.88. The maximum absolute atomic E-state index is 9.23. The summed E-state index contributed by atoms with van der Waals surface area (Å²) >= 11 is 0. The largest absolute Gasteiger partial charge is 0.353 e. The van der Waals surface area contributed by atoms with Crippen molar-refractivity contribution in [2.45, 2.75) is 19.5 Å². The summed E-state index contributed by atoms with van der Waals surface area (Å²) in [5.41, 5.74) is 0.646. The number of nitrogens with zero attached hydrogens (tertiary/aromatic N) is 6. The topological polar surface area (TPSA) is 61.0 Å². The Morgan fingerprint density at radius 1 is 1.32 bits per heavy atom. The molecule has 1 aliphatic rings. The van der Waals surface area contributed by atoms with E-state index in [2.05, 4.69) is 37.3 Å². The number of nitriles is 1. The summed E-state index contributed by atoms with van der Waals surface area (Å²) < 4.78 is 2.06. The molecule has 1 aliphatic heterocycles. The van der Waals surface area contributed by atoms with Gasteiger partial charge in [-0.2, -0.15) is 5.26 Å². The van der Waals surface area contributed by atoms with Gasteiger partial charge >= 0.3 is 0 Å². The van der Waals surface area contributed by atoms with Crippen LogP contribution in [0.3, 0.4) is 0 Å². The minimum Gasteiger partial charge on any atom is -0.353 e. The highest BCUT2D eigenvalue weighted by atomic mass is 15.3. The van der Waals surface area contributed by atoms with E-state index in [0.717, 1.165) is 37.8 Å². The van der Waals surface area contributed by atoms with E-state index in [1.165, 1.54) is 0 Å². The van der Waals surface area contributed by atoms with E-state index in [1.807, 2.05) is 31.6 Å². The molecule has 1 saturated heterocycles. The van der Waals surface area contributed by atoms with Crippen molar-refractivity contribution in [3.63, 3.8) is 0 Å². The van der Waals surface area contributed by atoms with E-state index in [-0.39, 0.29) is 0 Å². The van der Waals surface area contributed by atoms with Crippen LogP contribution >= 0.6 is 0 Å². The van der Waals surface area contributed by atoms with Crippen molar-refractivity contribution in [1.29, 1.82) is 5.26 Å². The second-order valence-electron chi connectivity index (χ2n) is 5.71. The first-order chi connectivity index (χ1) is 10.7. The molecule has 0 spiro atoms.